The lowest BCUT2D eigenvalue weighted by atomic mass is 9.90. The zero-order valence-corrected chi connectivity index (χ0v) is 14.5. The number of hydrogen-bond acceptors (Lipinski definition) is 5. The average molecular weight is 339 g/mol. The van der Waals surface area contributed by atoms with Gasteiger partial charge in [-0.05, 0) is 32.6 Å². The van der Waals surface area contributed by atoms with Crippen LogP contribution in [0.5, 0.6) is 0 Å². The van der Waals surface area contributed by atoms with Gasteiger partial charge in [0, 0.05) is 31.5 Å². The molecular weight excluding hydrogens is 310 g/mol. The van der Waals surface area contributed by atoms with Gasteiger partial charge in [0.15, 0.2) is 5.79 Å². The van der Waals surface area contributed by atoms with Crippen LogP contribution in [-0.4, -0.2) is 60.9 Å². The number of primary amides is 1. The highest BCUT2D eigenvalue weighted by atomic mass is 16.7. The Morgan fingerprint density at radius 2 is 1.83 bits per heavy atom. The topological polar surface area (TPSA) is 93.9 Å². The van der Waals surface area contributed by atoms with Crippen LogP contribution >= 0.6 is 0 Å². The largest absolute Gasteiger partial charge is 0.369 e. The third-order valence-electron chi connectivity index (χ3n) is 5.69. The van der Waals surface area contributed by atoms with E-state index < -0.39 is 5.79 Å². The number of piperidine rings is 1. The molecule has 0 aromatic heterocycles. The summed E-state index contributed by atoms with van der Waals surface area (Å²) in [4.78, 5) is 25.9. The molecule has 24 heavy (non-hydrogen) atoms. The van der Waals surface area contributed by atoms with E-state index in [-0.39, 0.29) is 23.8 Å². The Labute approximate surface area is 143 Å². The van der Waals surface area contributed by atoms with E-state index >= 15 is 0 Å². The second-order valence-corrected chi connectivity index (χ2v) is 7.40. The third-order valence-corrected chi connectivity index (χ3v) is 5.69. The normalized spacial score (nSPS) is 31.2. The van der Waals surface area contributed by atoms with Gasteiger partial charge >= 0.3 is 0 Å². The molecule has 2 amide bonds. The fraction of sp³-hybridized carbons (Fsp3) is 0.882. The van der Waals surface area contributed by atoms with Gasteiger partial charge in [0.05, 0.1) is 25.7 Å². The van der Waals surface area contributed by atoms with E-state index in [0.717, 1.165) is 38.5 Å². The van der Waals surface area contributed by atoms with E-state index in [1.807, 2.05) is 0 Å². The Morgan fingerprint density at radius 1 is 1.17 bits per heavy atom. The molecule has 2 aliphatic heterocycles. The summed E-state index contributed by atoms with van der Waals surface area (Å²) in [5, 5.41) is 3.13. The molecule has 2 atom stereocenters. The van der Waals surface area contributed by atoms with Crippen molar-refractivity contribution in [3.05, 3.63) is 0 Å². The number of likely N-dealkylation sites (tertiary alicyclic amines) is 1. The van der Waals surface area contributed by atoms with Crippen molar-refractivity contribution in [2.75, 3.05) is 26.3 Å². The lowest BCUT2D eigenvalue weighted by molar-refractivity contribution is -0.180. The van der Waals surface area contributed by atoms with Gasteiger partial charge in [0.2, 0.25) is 11.8 Å². The van der Waals surface area contributed by atoms with Crippen molar-refractivity contribution in [2.45, 2.75) is 63.3 Å². The lowest BCUT2D eigenvalue weighted by Gasteiger charge is -2.38. The Hall–Kier alpha value is -1.18. The van der Waals surface area contributed by atoms with Gasteiger partial charge in [0.25, 0.3) is 0 Å². The van der Waals surface area contributed by atoms with Crippen LogP contribution in [0.25, 0.3) is 0 Å². The molecule has 1 aliphatic carbocycles. The van der Waals surface area contributed by atoms with Crippen LogP contribution < -0.4 is 11.1 Å². The van der Waals surface area contributed by atoms with Crippen molar-refractivity contribution in [3.8, 4) is 0 Å². The van der Waals surface area contributed by atoms with Crippen LogP contribution in [-0.2, 0) is 19.1 Å². The minimum Gasteiger partial charge on any atom is -0.369 e. The molecule has 0 bridgehead atoms. The molecule has 7 heteroatoms. The number of nitrogens with two attached hydrogens (primary N) is 1. The van der Waals surface area contributed by atoms with Gasteiger partial charge in [-0.15, -0.1) is 0 Å². The number of rotatable bonds is 4. The Bertz CT molecular complexity index is 468. The van der Waals surface area contributed by atoms with E-state index in [2.05, 4.69) is 17.1 Å². The van der Waals surface area contributed by atoms with Gasteiger partial charge in [-0.2, -0.15) is 0 Å². The predicted octanol–water partition coefficient (Wildman–Crippen LogP) is 0.374. The maximum Gasteiger partial charge on any atom is 0.234 e. The predicted molar refractivity (Wildman–Crippen MR) is 88.0 cm³/mol. The number of carbonyl (C=O) groups is 2. The summed E-state index contributed by atoms with van der Waals surface area (Å²) in [6, 6.07) is 0.490. The first-order valence-electron chi connectivity index (χ1n) is 9.08. The molecule has 3 fully saturated rings. The Balaban J connectivity index is 1.44. The highest BCUT2D eigenvalue weighted by Gasteiger charge is 2.40. The number of nitrogens with one attached hydrogen (secondary N) is 1. The van der Waals surface area contributed by atoms with Crippen molar-refractivity contribution in [2.24, 2.45) is 11.7 Å². The minimum absolute atomic E-state index is 0.0289. The fourth-order valence-electron chi connectivity index (χ4n) is 4.08. The number of nitrogens with zero attached hydrogens (tertiary/aromatic N) is 1. The van der Waals surface area contributed by atoms with Crippen molar-refractivity contribution in [3.63, 3.8) is 0 Å². The number of ether oxygens (including phenoxy) is 2. The van der Waals surface area contributed by atoms with Gasteiger partial charge in [-0.3, -0.25) is 14.5 Å². The van der Waals surface area contributed by atoms with Crippen molar-refractivity contribution in [1.82, 2.24) is 10.2 Å². The molecule has 7 nitrogen and oxygen atoms in total. The zero-order chi connectivity index (χ0) is 17.2. The standard InChI is InChI=1S/C17H29N3O4/c1-12-2-3-13(16(18)22)10-20(12)11-15(21)19-14-4-6-17(7-5-14)23-8-9-24-17/h12-14H,2-11H2,1H3,(H2,18,22)(H,19,21)/t12-,13-/m0/s1. The summed E-state index contributed by atoms with van der Waals surface area (Å²) in [6.07, 6.45) is 5.15. The van der Waals surface area contributed by atoms with Crippen LogP contribution in [0.2, 0.25) is 0 Å². The first-order valence-corrected chi connectivity index (χ1v) is 9.08. The van der Waals surface area contributed by atoms with Crippen LogP contribution in [0.15, 0.2) is 0 Å². The highest BCUT2D eigenvalue weighted by Crippen LogP contribution is 2.35. The van der Waals surface area contributed by atoms with Gasteiger partial charge in [-0.1, -0.05) is 0 Å². The van der Waals surface area contributed by atoms with E-state index in [4.69, 9.17) is 15.2 Å². The second-order valence-electron chi connectivity index (χ2n) is 7.40. The van der Waals surface area contributed by atoms with Crippen molar-refractivity contribution >= 4 is 11.8 Å². The molecular formula is C17H29N3O4. The molecule has 136 valence electrons. The van der Waals surface area contributed by atoms with Crippen LogP contribution in [0.1, 0.15) is 45.4 Å². The smallest absolute Gasteiger partial charge is 0.234 e. The molecule has 2 saturated heterocycles. The average Bonchev–Trinajstić information content (AvgIpc) is 3.00. The minimum atomic E-state index is -0.392. The van der Waals surface area contributed by atoms with Crippen molar-refractivity contribution < 1.29 is 19.1 Å². The third kappa shape index (κ3) is 4.07. The molecule has 2 heterocycles. The number of amides is 2. The Morgan fingerprint density at radius 3 is 2.46 bits per heavy atom. The van der Waals surface area contributed by atoms with E-state index in [1.54, 1.807) is 0 Å². The van der Waals surface area contributed by atoms with E-state index in [9.17, 15) is 9.59 Å². The maximum absolute atomic E-state index is 12.4. The monoisotopic (exact) mass is 339 g/mol. The van der Waals surface area contributed by atoms with Crippen LogP contribution in [0.3, 0.4) is 0 Å². The second kappa shape index (κ2) is 7.37. The number of hydrogen-bond donors (Lipinski definition) is 2. The van der Waals surface area contributed by atoms with Crippen LogP contribution in [0.4, 0.5) is 0 Å². The van der Waals surface area contributed by atoms with E-state index in [1.165, 1.54) is 0 Å². The molecule has 3 rings (SSSR count). The molecule has 0 aromatic carbocycles. The summed E-state index contributed by atoms with van der Waals surface area (Å²) >= 11 is 0. The fourth-order valence-corrected chi connectivity index (χ4v) is 4.08. The highest BCUT2D eigenvalue weighted by molar-refractivity contribution is 5.79. The molecule has 1 saturated carbocycles. The maximum atomic E-state index is 12.4. The molecule has 1 spiro atoms. The van der Waals surface area contributed by atoms with Gasteiger partial charge in [0.1, 0.15) is 0 Å². The summed E-state index contributed by atoms with van der Waals surface area (Å²) in [5.74, 6) is -0.764. The molecule has 3 aliphatic rings. The zero-order valence-electron chi connectivity index (χ0n) is 14.5. The van der Waals surface area contributed by atoms with Crippen LogP contribution in [0, 0.1) is 5.92 Å². The Kier molecular flexibility index (Phi) is 5.42. The summed E-state index contributed by atoms with van der Waals surface area (Å²) in [6.45, 7) is 4.36. The lowest BCUT2D eigenvalue weighted by Crippen LogP contribution is -2.51. The first-order chi connectivity index (χ1) is 11.5. The molecule has 0 aromatic rings. The van der Waals surface area contributed by atoms with Gasteiger partial charge in [-0.25, -0.2) is 0 Å². The number of carbonyl (C=O) groups excluding carboxylic acids is 2. The molecule has 0 unspecified atom stereocenters. The van der Waals surface area contributed by atoms with Crippen molar-refractivity contribution in [1.29, 1.82) is 0 Å². The van der Waals surface area contributed by atoms with E-state index in [0.29, 0.717) is 32.3 Å². The summed E-state index contributed by atoms with van der Waals surface area (Å²) in [5.41, 5.74) is 5.42. The summed E-state index contributed by atoms with van der Waals surface area (Å²) in [7, 11) is 0. The van der Waals surface area contributed by atoms with Gasteiger partial charge < -0.3 is 20.5 Å². The quantitative estimate of drug-likeness (QED) is 0.772. The first kappa shape index (κ1) is 17.6. The molecule has 3 N–H and O–H groups in total. The SMILES string of the molecule is C[C@H]1CC[C@H](C(N)=O)CN1CC(=O)NC1CCC2(CC1)OCCO2. The summed E-state index contributed by atoms with van der Waals surface area (Å²) < 4.78 is 11.4. The molecule has 0 radical (unpaired) electrons.